The molecule has 1 N–H and O–H groups in total. The highest BCUT2D eigenvalue weighted by Crippen LogP contribution is 2.45. The van der Waals surface area contributed by atoms with Crippen LogP contribution in [0.15, 0.2) is 0 Å². The summed E-state index contributed by atoms with van der Waals surface area (Å²) in [7, 11) is 0. The SMILES string of the molecule is CC1CC(O)(C2(C#N)CCCOC2)CCO1. The normalized spacial score (nSPS) is 44.9. The molecule has 16 heavy (non-hydrogen) atoms. The van der Waals surface area contributed by atoms with E-state index in [1.54, 1.807) is 0 Å². The Morgan fingerprint density at radius 3 is 2.75 bits per heavy atom. The van der Waals surface area contributed by atoms with Gasteiger partial charge in [-0.05, 0) is 19.8 Å². The third-order valence-electron chi connectivity index (χ3n) is 3.89. The molecule has 0 spiro atoms. The summed E-state index contributed by atoms with van der Waals surface area (Å²) in [6.07, 6.45) is 2.67. The second-order valence-corrected chi connectivity index (χ2v) is 5.02. The molecule has 0 aromatic rings. The molecule has 2 rings (SSSR count). The lowest BCUT2D eigenvalue weighted by molar-refractivity contribution is -0.176. The average Bonchev–Trinajstić information content (AvgIpc) is 2.29. The van der Waals surface area contributed by atoms with Gasteiger partial charge in [0.05, 0.1) is 24.4 Å². The Hall–Kier alpha value is -0.630. The van der Waals surface area contributed by atoms with Crippen molar-refractivity contribution in [1.29, 1.82) is 5.26 Å². The minimum Gasteiger partial charge on any atom is -0.388 e. The Kier molecular flexibility index (Phi) is 3.20. The van der Waals surface area contributed by atoms with Crippen LogP contribution in [0.5, 0.6) is 0 Å². The van der Waals surface area contributed by atoms with Gasteiger partial charge < -0.3 is 14.6 Å². The monoisotopic (exact) mass is 225 g/mol. The molecule has 4 nitrogen and oxygen atoms in total. The van der Waals surface area contributed by atoms with Gasteiger partial charge in [-0.1, -0.05) is 0 Å². The van der Waals surface area contributed by atoms with Gasteiger partial charge in [-0.2, -0.15) is 5.26 Å². The smallest absolute Gasteiger partial charge is 0.109 e. The van der Waals surface area contributed by atoms with Crippen molar-refractivity contribution < 1.29 is 14.6 Å². The summed E-state index contributed by atoms with van der Waals surface area (Å²) in [6, 6.07) is 2.32. The molecule has 2 aliphatic rings. The van der Waals surface area contributed by atoms with Gasteiger partial charge in [0.15, 0.2) is 0 Å². The summed E-state index contributed by atoms with van der Waals surface area (Å²) in [4.78, 5) is 0. The molecule has 3 unspecified atom stereocenters. The minimum absolute atomic E-state index is 0.0194. The van der Waals surface area contributed by atoms with Crippen molar-refractivity contribution >= 4 is 0 Å². The van der Waals surface area contributed by atoms with Crippen LogP contribution in [0.4, 0.5) is 0 Å². The Labute approximate surface area is 96.2 Å². The van der Waals surface area contributed by atoms with Gasteiger partial charge in [0, 0.05) is 26.1 Å². The van der Waals surface area contributed by atoms with Crippen LogP contribution < -0.4 is 0 Å². The molecule has 2 aliphatic heterocycles. The molecule has 2 fully saturated rings. The minimum atomic E-state index is -0.945. The molecule has 2 heterocycles. The molecular weight excluding hydrogens is 206 g/mol. The highest BCUT2D eigenvalue weighted by atomic mass is 16.5. The van der Waals surface area contributed by atoms with Gasteiger partial charge in [-0.25, -0.2) is 0 Å². The zero-order valence-corrected chi connectivity index (χ0v) is 9.74. The number of ether oxygens (including phenoxy) is 2. The highest BCUT2D eigenvalue weighted by molar-refractivity contribution is 5.13. The summed E-state index contributed by atoms with van der Waals surface area (Å²) in [6.45, 7) is 3.53. The van der Waals surface area contributed by atoms with E-state index in [1.807, 2.05) is 6.92 Å². The first-order chi connectivity index (χ1) is 7.62. The molecule has 0 aromatic heterocycles. The molecule has 0 radical (unpaired) electrons. The number of hydrogen-bond acceptors (Lipinski definition) is 4. The van der Waals surface area contributed by atoms with Gasteiger partial charge in [0.2, 0.25) is 0 Å². The first kappa shape index (κ1) is 11.8. The maximum Gasteiger partial charge on any atom is 0.109 e. The number of nitriles is 1. The molecule has 0 bridgehead atoms. The lowest BCUT2D eigenvalue weighted by atomic mass is 9.65. The number of nitrogens with zero attached hydrogens (tertiary/aromatic N) is 1. The molecule has 0 amide bonds. The van der Waals surface area contributed by atoms with E-state index in [0.717, 1.165) is 12.8 Å². The van der Waals surface area contributed by atoms with Crippen LogP contribution in [0.2, 0.25) is 0 Å². The highest BCUT2D eigenvalue weighted by Gasteiger charge is 2.53. The summed E-state index contributed by atoms with van der Waals surface area (Å²) >= 11 is 0. The van der Waals surface area contributed by atoms with Crippen LogP contribution in [0, 0.1) is 16.7 Å². The second-order valence-electron chi connectivity index (χ2n) is 5.02. The first-order valence-corrected chi connectivity index (χ1v) is 5.95. The summed E-state index contributed by atoms with van der Waals surface area (Å²) in [5, 5.41) is 20.1. The predicted molar refractivity (Wildman–Crippen MR) is 57.7 cm³/mol. The number of rotatable bonds is 1. The van der Waals surface area contributed by atoms with Gasteiger partial charge in [0.1, 0.15) is 5.41 Å². The Bertz CT molecular complexity index is 293. The van der Waals surface area contributed by atoms with Crippen LogP contribution in [0.1, 0.15) is 32.6 Å². The van der Waals surface area contributed by atoms with Gasteiger partial charge >= 0.3 is 0 Å². The maximum absolute atomic E-state index is 10.7. The molecule has 0 saturated carbocycles. The van der Waals surface area contributed by atoms with Crippen LogP contribution in [-0.2, 0) is 9.47 Å². The third-order valence-corrected chi connectivity index (χ3v) is 3.89. The van der Waals surface area contributed by atoms with E-state index in [2.05, 4.69) is 6.07 Å². The Balaban J connectivity index is 2.21. The van der Waals surface area contributed by atoms with E-state index in [9.17, 15) is 10.4 Å². The van der Waals surface area contributed by atoms with Crippen molar-refractivity contribution in [3.05, 3.63) is 0 Å². The molecule has 3 atom stereocenters. The van der Waals surface area contributed by atoms with Crippen molar-refractivity contribution in [2.24, 2.45) is 5.41 Å². The lowest BCUT2D eigenvalue weighted by Gasteiger charge is -2.47. The van der Waals surface area contributed by atoms with Crippen LogP contribution in [0.25, 0.3) is 0 Å². The third kappa shape index (κ3) is 1.84. The van der Waals surface area contributed by atoms with Gasteiger partial charge in [-0.15, -0.1) is 0 Å². The van der Waals surface area contributed by atoms with E-state index in [4.69, 9.17) is 9.47 Å². The van der Waals surface area contributed by atoms with E-state index in [0.29, 0.717) is 32.7 Å². The fraction of sp³-hybridized carbons (Fsp3) is 0.917. The van der Waals surface area contributed by atoms with Crippen LogP contribution >= 0.6 is 0 Å². The second kappa shape index (κ2) is 4.33. The predicted octanol–water partition coefficient (Wildman–Crippen LogP) is 1.24. The molecule has 0 aromatic carbocycles. The maximum atomic E-state index is 10.7. The topological polar surface area (TPSA) is 62.5 Å². The molecular formula is C12H19NO3. The van der Waals surface area contributed by atoms with E-state index in [-0.39, 0.29) is 6.10 Å². The fourth-order valence-corrected chi connectivity index (χ4v) is 2.85. The number of hydrogen-bond donors (Lipinski definition) is 1. The van der Waals surface area contributed by atoms with Crippen molar-refractivity contribution in [3.8, 4) is 6.07 Å². The Morgan fingerprint density at radius 1 is 1.38 bits per heavy atom. The van der Waals surface area contributed by atoms with Crippen LogP contribution in [-0.4, -0.2) is 36.6 Å². The lowest BCUT2D eigenvalue weighted by Crippen LogP contribution is -2.56. The molecule has 90 valence electrons. The van der Waals surface area contributed by atoms with Gasteiger partial charge in [-0.3, -0.25) is 0 Å². The summed E-state index contributed by atoms with van der Waals surface area (Å²) < 4.78 is 10.9. The fourth-order valence-electron chi connectivity index (χ4n) is 2.85. The quantitative estimate of drug-likeness (QED) is 0.729. The number of aliphatic hydroxyl groups is 1. The van der Waals surface area contributed by atoms with E-state index >= 15 is 0 Å². The van der Waals surface area contributed by atoms with Crippen molar-refractivity contribution in [2.75, 3.05) is 19.8 Å². The zero-order chi connectivity index (χ0) is 11.6. The van der Waals surface area contributed by atoms with E-state index < -0.39 is 11.0 Å². The molecule has 0 aliphatic carbocycles. The van der Waals surface area contributed by atoms with Gasteiger partial charge in [0.25, 0.3) is 0 Å². The van der Waals surface area contributed by atoms with Crippen molar-refractivity contribution in [3.63, 3.8) is 0 Å². The van der Waals surface area contributed by atoms with Crippen molar-refractivity contribution in [1.82, 2.24) is 0 Å². The zero-order valence-electron chi connectivity index (χ0n) is 9.74. The Morgan fingerprint density at radius 2 is 2.19 bits per heavy atom. The van der Waals surface area contributed by atoms with Crippen LogP contribution in [0.3, 0.4) is 0 Å². The summed E-state index contributed by atoms with van der Waals surface area (Å²) in [5.41, 5.74) is -1.68. The van der Waals surface area contributed by atoms with E-state index in [1.165, 1.54) is 0 Å². The molecule has 4 heteroatoms. The largest absolute Gasteiger partial charge is 0.388 e. The summed E-state index contributed by atoms with van der Waals surface area (Å²) in [5.74, 6) is 0. The average molecular weight is 225 g/mol. The molecule has 2 saturated heterocycles. The van der Waals surface area contributed by atoms with Crippen molar-refractivity contribution in [2.45, 2.75) is 44.3 Å². The standard InChI is InChI=1S/C12H19NO3/c1-10-7-12(14,4-6-16-10)11(8-13)3-2-5-15-9-11/h10,14H,2-7,9H2,1H3. The first-order valence-electron chi connectivity index (χ1n) is 5.95.